The van der Waals surface area contributed by atoms with Crippen molar-refractivity contribution in [2.75, 3.05) is 13.1 Å². The molecule has 0 saturated carbocycles. The van der Waals surface area contributed by atoms with Crippen molar-refractivity contribution < 1.29 is 17.6 Å². The molecule has 0 aliphatic rings. The number of thiophene rings is 1. The van der Waals surface area contributed by atoms with Gasteiger partial charge in [-0.05, 0) is 31.2 Å². The summed E-state index contributed by atoms with van der Waals surface area (Å²) in [6.07, 6.45) is 1.54. The van der Waals surface area contributed by atoms with Gasteiger partial charge in [0.1, 0.15) is 9.97 Å². The van der Waals surface area contributed by atoms with Crippen molar-refractivity contribution >= 4 is 27.3 Å². The SMILES string of the molecule is CC(=O)N(CCNS(=O)(=O)c1ccc(C)s1)Cc1ccco1. The number of carbonyl (C=O) groups excluding carboxylic acids is 1. The minimum atomic E-state index is -3.52. The van der Waals surface area contributed by atoms with Gasteiger partial charge in [-0.2, -0.15) is 0 Å². The number of hydrogen-bond acceptors (Lipinski definition) is 5. The van der Waals surface area contributed by atoms with Gasteiger partial charge in [0.2, 0.25) is 15.9 Å². The highest BCUT2D eigenvalue weighted by atomic mass is 32.2. The third-order valence-electron chi connectivity index (χ3n) is 3.03. The van der Waals surface area contributed by atoms with E-state index >= 15 is 0 Å². The maximum atomic E-state index is 12.1. The smallest absolute Gasteiger partial charge is 0.250 e. The Morgan fingerprint density at radius 1 is 1.36 bits per heavy atom. The van der Waals surface area contributed by atoms with Gasteiger partial charge in [0.15, 0.2) is 0 Å². The average molecular weight is 342 g/mol. The molecule has 2 rings (SSSR count). The number of rotatable bonds is 7. The molecule has 6 nitrogen and oxygen atoms in total. The van der Waals surface area contributed by atoms with Crippen molar-refractivity contribution in [3.63, 3.8) is 0 Å². The molecular weight excluding hydrogens is 324 g/mol. The van der Waals surface area contributed by atoms with Crippen LogP contribution < -0.4 is 4.72 Å². The lowest BCUT2D eigenvalue weighted by Gasteiger charge is -2.19. The van der Waals surface area contributed by atoms with Crippen molar-refractivity contribution in [1.29, 1.82) is 0 Å². The molecule has 22 heavy (non-hydrogen) atoms. The van der Waals surface area contributed by atoms with E-state index in [2.05, 4.69) is 4.72 Å². The maximum absolute atomic E-state index is 12.1. The summed E-state index contributed by atoms with van der Waals surface area (Å²) < 4.78 is 32.2. The van der Waals surface area contributed by atoms with Gasteiger partial charge in [0.25, 0.3) is 0 Å². The fourth-order valence-electron chi connectivity index (χ4n) is 1.88. The van der Waals surface area contributed by atoms with Crippen molar-refractivity contribution in [3.8, 4) is 0 Å². The number of nitrogens with zero attached hydrogens (tertiary/aromatic N) is 1. The topological polar surface area (TPSA) is 79.6 Å². The minimum Gasteiger partial charge on any atom is -0.467 e. The fraction of sp³-hybridized carbons (Fsp3) is 0.357. The molecule has 2 heterocycles. The van der Waals surface area contributed by atoms with Crippen molar-refractivity contribution in [2.45, 2.75) is 24.6 Å². The molecule has 0 radical (unpaired) electrons. The van der Waals surface area contributed by atoms with E-state index in [9.17, 15) is 13.2 Å². The predicted octanol–water partition coefficient (Wildman–Crippen LogP) is 1.98. The number of nitrogens with one attached hydrogen (secondary N) is 1. The molecular formula is C14H18N2O4S2. The molecule has 1 amide bonds. The van der Waals surface area contributed by atoms with Gasteiger partial charge in [-0.25, -0.2) is 13.1 Å². The first-order chi connectivity index (χ1) is 10.4. The van der Waals surface area contributed by atoms with E-state index in [0.717, 1.165) is 4.88 Å². The minimum absolute atomic E-state index is 0.137. The number of aryl methyl sites for hydroxylation is 1. The number of sulfonamides is 1. The number of furan rings is 1. The zero-order chi connectivity index (χ0) is 16.2. The van der Waals surface area contributed by atoms with E-state index in [0.29, 0.717) is 12.3 Å². The van der Waals surface area contributed by atoms with Crippen molar-refractivity contribution in [3.05, 3.63) is 41.2 Å². The Balaban J connectivity index is 1.91. The second-order valence-corrected chi connectivity index (χ2v) is 8.06. The van der Waals surface area contributed by atoms with Gasteiger partial charge in [0, 0.05) is 24.9 Å². The first-order valence-electron chi connectivity index (χ1n) is 6.72. The number of hydrogen-bond donors (Lipinski definition) is 1. The van der Waals surface area contributed by atoms with Crippen LogP contribution in [0.1, 0.15) is 17.6 Å². The molecule has 2 aromatic rings. The summed E-state index contributed by atoms with van der Waals surface area (Å²) in [6, 6.07) is 6.86. The highest BCUT2D eigenvalue weighted by molar-refractivity contribution is 7.91. The Labute approximate surface area is 133 Å². The van der Waals surface area contributed by atoms with Crippen LogP contribution in [0.25, 0.3) is 0 Å². The zero-order valence-electron chi connectivity index (χ0n) is 12.4. The lowest BCUT2D eigenvalue weighted by Crippen LogP contribution is -2.36. The molecule has 0 saturated heterocycles. The summed E-state index contributed by atoms with van der Waals surface area (Å²) in [7, 11) is -3.52. The Hall–Kier alpha value is -1.64. The van der Waals surface area contributed by atoms with Crippen LogP contribution in [-0.4, -0.2) is 32.3 Å². The Kier molecular flexibility index (Phi) is 5.38. The highest BCUT2D eigenvalue weighted by Gasteiger charge is 2.17. The number of amides is 1. The van der Waals surface area contributed by atoms with Crippen LogP contribution in [0.15, 0.2) is 39.2 Å². The molecule has 0 fully saturated rings. The van der Waals surface area contributed by atoms with Crippen LogP contribution >= 0.6 is 11.3 Å². The van der Waals surface area contributed by atoms with Gasteiger partial charge in [-0.3, -0.25) is 4.79 Å². The van der Waals surface area contributed by atoms with Crippen LogP contribution in [0.2, 0.25) is 0 Å². The normalized spacial score (nSPS) is 11.5. The van der Waals surface area contributed by atoms with E-state index in [1.807, 2.05) is 6.92 Å². The predicted molar refractivity (Wildman–Crippen MR) is 84.0 cm³/mol. The Bertz CT molecular complexity index is 720. The molecule has 0 aliphatic carbocycles. The van der Waals surface area contributed by atoms with Crippen LogP contribution in [-0.2, 0) is 21.4 Å². The fourth-order valence-corrected chi connectivity index (χ4v) is 4.23. The summed E-state index contributed by atoms with van der Waals surface area (Å²) in [5, 5.41) is 0. The molecule has 0 aliphatic heterocycles. The van der Waals surface area contributed by atoms with E-state index in [1.54, 1.807) is 24.3 Å². The van der Waals surface area contributed by atoms with E-state index in [-0.39, 0.29) is 23.2 Å². The lowest BCUT2D eigenvalue weighted by molar-refractivity contribution is -0.129. The van der Waals surface area contributed by atoms with Gasteiger partial charge in [0.05, 0.1) is 12.8 Å². The molecule has 0 atom stereocenters. The Morgan fingerprint density at radius 2 is 2.14 bits per heavy atom. The summed E-state index contributed by atoms with van der Waals surface area (Å²) in [4.78, 5) is 14.1. The van der Waals surface area contributed by atoms with Crippen LogP contribution in [0, 0.1) is 6.92 Å². The quantitative estimate of drug-likeness (QED) is 0.834. The Morgan fingerprint density at radius 3 is 2.68 bits per heavy atom. The summed E-state index contributed by atoms with van der Waals surface area (Å²) in [5.74, 6) is 0.523. The first kappa shape index (κ1) is 16.7. The van der Waals surface area contributed by atoms with E-state index in [4.69, 9.17) is 4.42 Å². The summed E-state index contributed by atoms with van der Waals surface area (Å²) in [6.45, 7) is 4.05. The van der Waals surface area contributed by atoms with Gasteiger partial charge in [-0.15, -0.1) is 11.3 Å². The van der Waals surface area contributed by atoms with Crippen molar-refractivity contribution in [1.82, 2.24) is 9.62 Å². The van der Waals surface area contributed by atoms with Crippen LogP contribution in [0.5, 0.6) is 0 Å². The van der Waals surface area contributed by atoms with Crippen LogP contribution in [0.3, 0.4) is 0 Å². The monoisotopic (exact) mass is 342 g/mol. The lowest BCUT2D eigenvalue weighted by atomic mass is 10.4. The third-order valence-corrected chi connectivity index (χ3v) is 5.98. The second-order valence-electron chi connectivity index (χ2n) is 4.78. The molecule has 0 aromatic carbocycles. The molecule has 2 aromatic heterocycles. The number of carbonyl (C=O) groups is 1. The van der Waals surface area contributed by atoms with E-state index < -0.39 is 10.0 Å². The molecule has 0 bridgehead atoms. The first-order valence-corrected chi connectivity index (χ1v) is 9.02. The molecule has 8 heteroatoms. The van der Waals surface area contributed by atoms with E-state index in [1.165, 1.54) is 29.4 Å². The van der Waals surface area contributed by atoms with Crippen LogP contribution in [0.4, 0.5) is 0 Å². The van der Waals surface area contributed by atoms with Gasteiger partial charge in [-0.1, -0.05) is 0 Å². The zero-order valence-corrected chi connectivity index (χ0v) is 14.0. The molecule has 0 spiro atoms. The second kappa shape index (κ2) is 7.08. The largest absolute Gasteiger partial charge is 0.467 e. The average Bonchev–Trinajstić information content (AvgIpc) is 3.08. The molecule has 120 valence electrons. The standard InChI is InChI=1S/C14H18N2O4S2/c1-11-5-6-14(21-11)22(18,19)15-7-8-16(12(2)17)10-13-4-3-9-20-13/h3-6,9,15H,7-8,10H2,1-2H3. The highest BCUT2D eigenvalue weighted by Crippen LogP contribution is 2.20. The summed E-state index contributed by atoms with van der Waals surface area (Å²) >= 11 is 1.22. The van der Waals surface area contributed by atoms with Gasteiger partial charge >= 0.3 is 0 Å². The molecule has 1 N–H and O–H groups in total. The third kappa shape index (κ3) is 4.43. The maximum Gasteiger partial charge on any atom is 0.250 e. The van der Waals surface area contributed by atoms with Gasteiger partial charge < -0.3 is 9.32 Å². The summed E-state index contributed by atoms with van der Waals surface area (Å²) in [5.41, 5.74) is 0. The van der Waals surface area contributed by atoms with Crippen molar-refractivity contribution in [2.24, 2.45) is 0 Å². The molecule has 0 unspecified atom stereocenters.